The normalized spacial score (nSPS) is 16.1. The highest BCUT2D eigenvalue weighted by Gasteiger charge is 2.11. The standard InChI is InChI=1S/C12H19BrN4O/c1-2-17-12(18)11(13)10(9-15-17)14-5-8-16-6-3-4-7-16/h9,14H,2-8H2,1H3. The van der Waals surface area contributed by atoms with E-state index in [2.05, 4.69) is 31.2 Å². The summed E-state index contributed by atoms with van der Waals surface area (Å²) in [7, 11) is 0. The molecule has 1 aromatic heterocycles. The van der Waals surface area contributed by atoms with Gasteiger partial charge in [-0.2, -0.15) is 5.10 Å². The van der Waals surface area contributed by atoms with Crippen molar-refractivity contribution in [2.45, 2.75) is 26.3 Å². The van der Waals surface area contributed by atoms with Crippen molar-refractivity contribution in [3.8, 4) is 0 Å². The number of likely N-dealkylation sites (tertiary alicyclic amines) is 1. The Morgan fingerprint density at radius 1 is 1.44 bits per heavy atom. The van der Waals surface area contributed by atoms with Crippen LogP contribution in [0.1, 0.15) is 19.8 Å². The second-order valence-corrected chi connectivity index (χ2v) is 5.26. The molecule has 1 N–H and O–H groups in total. The largest absolute Gasteiger partial charge is 0.381 e. The summed E-state index contributed by atoms with van der Waals surface area (Å²) in [5, 5.41) is 7.37. The number of halogens is 1. The maximum atomic E-state index is 11.8. The first-order chi connectivity index (χ1) is 8.72. The highest BCUT2D eigenvalue weighted by molar-refractivity contribution is 9.10. The molecule has 1 aliphatic rings. The summed E-state index contributed by atoms with van der Waals surface area (Å²) in [5.41, 5.74) is 0.701. The zero-order valence-corrected chi connectivity index (χ0v) is 12.2. The van der Waals surface area contributed by atoms with Gasteiger partial charge in [-0.1, -0.05) is 0 Å². The van der Waals surface area contributed by atoms with E-state index in [1.165, 1.54) is 30.6 Å². The smallest absolute Gasteiger partial charge is 0.283 e. The second-order valence-electron chi connectivity index (χ2n) is 4.47. The lowest BCUT2D eigenvalue weighted by atomic mass is 10.4. The Bertz CT molecular complexity index is 454. The molecule has 1 aliphatic heterocycles. The lowest BCUT2D eigenvalue weighted by molar-refractivity contribution is 0.352. The predicted octanol–water partition coefficient (Wildman–Crippen LogP) is 1.53. The summed E-state index contributed by atoms with van der Waals surface area (Å²) in [4.78, 5) is 14.3. The van der Waals surface area contributed by atoms with Gasteiger partial charge in [-0.25, -0.2) is 4.68 Å². The van der Waals surface area contributed by atoms with Crippen LogP contribution in [0.4, 0.5) is 5.69 Å². The molecule has 0 saturated carbocycles. The molecule has 18 heavy (non-hydrogen) atoms. The second kappa shape index (κ2) is 6.33. The van der Waals surface area contributed by atoms with E-state index in [0.29, 0.717) is 11.0 Å². The maximum absolute atomic E-state index is 11.8. The minimum absolute atomic E-state index is 0.0799. The van der Waals surface area contributed by atoms with E-state index in [4.69, 9.17) is 0 Å². The zero-order valence-electron chi connectivity index (χ0n) is 10.7. The number of hydrogen-bond acceptors (Lipinski definition) is 4. The molecule has 0 spiro atoms. The first-order valence-corrected chi connectivity index (χ1v) is 7.23. The van der Waals surface area contributed by atoms with Crippen molar-refractivity contribution in [3.63, 3.8) is 0 Å². The van der Waals surface area contributed by atoms with Gasteiger partial charge < -0.3 is 10.2 Å². The summed E-state index contributed by atoms with van der Waals surface area (Å²) in [6.07, 6.45) is 4.31. The number of aromatic nitrogens is 2. The fourth-order valence-corrected chi connectivity index (χ4v) is 2.62. The highest BCUT2D eigenvalue weighted by Crippen LogP contribution is 2.16. The first-order valence-electron chi connectivity index (χ1n) is 6.44. The van der Waals surface area contributed by atoms with E-state index in [9.17, 15) is 4.79 Å². The Balaban J connectivity index is 1.93. The van der Waals surface area contributed by atoms with E-state index >= 15 is 0 Å². The molecule has 2 heterocycles. The van der Waals surface area contributed by atoms with Gasteiger partial charge in [0.15, 0.2) is 0 Å². The van der Waals surface area contributed by atoms with Crippen LogP contribution in [0.3, 0.4) is 0 Å². The van der Waals surface area contributed by atoms with Gasteiger partial charge in [0.2, 0.25) is 0 Å². The molecule has 6 heteroatoms. The van der Waals surface area contributed by atoms with E-state index < -0.39 is 0 Å². The molecule has 100 valence electrons. The van der Waals surface area contributed by atoms with Gasteiger partial charge in [-0.15, -0.1) is 0 Å². The van der Waals surface area contributed by atoms with Crippen molar-refractivity contribution >= 4 is 21.6 Å². The SMILES string of the molecule is CCn1ncc(NCCN2CCCC2)c(Br)c1=O. The fraction of sp³-hybridized carbons (Fsp3) is 0.667. The minimum atomic E-state index is -0.0799. The molecule has 1 aromatic rings. The van der Waals surface area contributed by atoms with Gasteiger partial charge in [0.05, 0.1) is 11.9 Å². The number of aryl methyl sites for hydroxylation is 1. The Labute approximate surface area is 115 Å². The Morgan fingerprint density at radius 2 is 2.17 bits per heavy atom. The first kappa shape index (κ1) is 13.5. The van der Waals surface area contributed by atoms with Crippen molar-refractivity contribution in [2.75, 3.05) is 31.5 Å². The van der Waals surface area contributed by atoms with E-state index in [-0.39, 0.29) is 5.56 Å². The summed E-state index contributed by atoms with van der Waals surface area (Å²) in [6, 6.07) is 0. The molecular formula is C12H19BrN4O. The van der Waals surface area contributed by atoms with Crippen LogP contribution in [0, 0.1) is 0 Å². The topological polar surface area (TPSA) is 50.2 Å². The molecule has 0 unspecified atom stereocenters. The van der Waals surface area contributed by atoms with Crippen LogP contribution < -0.4 is 10.9 Å². The maximum Gasteiger partial charge on any atom is 0.283 e. The molecule has 0 amide bonds. The van der Waals surface area contributed by atoms with Crippen molar-refractivity contribution < 1.29 is 0 Å². The van der Waals surface area contributed by atoms with Gasteiger partial charge in [0.1, 0.15) is 4.47 Å². The molecule has 1 saturated heterocycles. The summed E-state index contributed by atoms with van der Waals surface area (Å²) in [5.74, 6) is 0. The molecule has 1 fully saturated rings. The van der Waals surface area contributed by atoms with Gasteiger partial charge in [-0.05, 0) is 48.8 Å². The van der Waals surface area contributed by atoms with Crippen LogP contribution in [0.2, 0.25) is 0 Å². The van der Waals surface area contributed by atoms with Gasteiger partial charge >= 0.3 is 0 Å². The Morgan fingerprint density at radius 3 is 2.83 bits per heavy atom. The van der Waals surface area contributed by atoms with Crippen LogP contribution in [0.5, 0.6) is 0 Å². The van der Waals surface area contributed by atoms with E-state index in [0.717, 1.165) is 18.8 Å². The summed E-state index contributed by atoms with van der Waals surface area (Å²) >= 11 is 3.34. The van der Waals surface area contributed by atoms with Crippen LogP contribution >= 0.6 is 15.9 Å². The van der Waals surface area contributed by atoms with Crippen molar-refractivity contribution in [1.29, 1.82) is 0 Å². The van der Waals surface area contributed by atoms with Crippen LogP contribution in [-0.2, 0) is 6.54 Å². The number of nitrogens with one attached hydrogen (secondary N) is 1. The van der Waals surface area contributed by atoms with Crippen molar-refractivity contribution in [1.82, 2.24) is 14.7 Å². The Hall–Kier alpha value is -0.880. The number of rotatable bonds is 5. The molecule has 0 atom stereocenters. The van der Waals surface area contributed by atoms with E-state index in [1.54, 1.807) is 6.20 Å². The minimum Gasteiger partial charge on any atom is -0.381 e. The third kappa shape index (κ3) is 3.11. The van der Waals surface area contributed by atoms with E-state index in [1.807, 2.05) is 6.92 Å². The molecular weight excluding hydrogens is 296 g/mol. The van der Waals surface area contributed by atoms with Crippen LogP contribution in [-0.4, -0.2) is 40.9 Å². The van der Waals surface area contributed by atoms with Crippen LogP contribution in [0.25, 0.3) is 0 Å². The van der Waals surface area contributed by atoms with Crippen molar-refractivity contribution in [3.05, 3.63) is 21.0 Å². The fourth-order valence-electron chi connectivity index (χ4n) is 2.17. The lowest BCUT2D eigenvalue weighted by Gasteiger charge is -2.15. The monoisotopic (exact) mass is 314 g/mol. The number of hydrogen-bond donors (Lipinski definition) is 1. The molecule has 0 radical (unpaired) electrons. The third-order valence-corrected chi connectivity index (χ3v) is 3.99. The number of nitrogens with zero attached hydrogens (tertiary/aromatic N) is 3. The molecule has 2 rings (SSSR count). The molecule has 5 nitrogen and oxygen atoms in total. The average molecular weight is 315 g/mol. The molecule has 0 bridgehead atoms. The molecule has 0 aliphatic carbocycles. The Kier molecular flexibility index (Phi) is 4.77. The van der Waals surface area contributed by atoms with Crippen molar-refractivity contribution in [2.24, 2.45) is 0 Å². The highest BCUT2D eigenvalue weighted by atomic mass is 79.9. The van der Waals surface area contributed by atoms with Gasteiger partial charge in [0, 0.05) is 19.6 Å². The lowest BCUT2D eigenvalue weighted by Crippen LogP contribution is -2.28. The third-order valence-electron chi connectivity index (χ3n) is 3.23. The summed E-state index contributed by atoms with van der Waals surface area (Å²) < 4.78 is 2.01. The number of anilines is 1. The average Bonchev–Trinajstić information content (AvgIpc) is 2.88. The van der Waals surface area contributed by atoms with Crippen LogP contribution in [0.15, 0.2) is 15.5 Å². The summed E-state index contributed by atoms with van der Waals surface area (Å²) in [6.45, 7) is 6.74. The van der Waals surface area contributed by atoms with Gasteiger partial charge in [-0.3, -0.25) is 4.79 Å². The molecule has 0 aromatic carbocycles. The quantitative estimate of drug-likeness (QED) is 0.895. The predicted molar refractivity (Wildman–Crippen MR) is 76.0 cm³/mol. The zero-order chi connectivity index (χ0) is 13.0. The van der Waals surface area contributed by atoms with Gasteiger partial charge in [0.25, 0.3) is 5.56 Å².